The van der Waals surface area contributed by atoms with Crippen molar-refractivity contribution >= 4 is 0 Å². The van der Waals surface area contributed by atoms with Crippen LogP contribution in [0.5, 0.6) is 0 Å². The lowest BCUT2D eigenvalue weighted by Gasteiger charge is -2.12. The van der Waals surface area contributed by atoms with Crippen molar-refractivity contribution in [1.29, 1.82) is 0 Å². The minimum atomic E-state index is -3.23. The third kappa shape index (κ3) is 1.91. The molecule has 1 aromatic carbocycles. The zero-order valence-electron chi connectivity index (χ0n) is 8.28. The van der Waals surface area contributed by atoms with E-state index >= 15 is 0 Å². The molecule has 3 nitrogen and oxygen atoms in total. The minimum absolute atomic E-state index is 0.312. The van der Waals surface area contributed by atoms with Crippen molar-refractivity contribution in [2.45, 2.75) is 12.8 Å². The predicted molar refractivity (Wildman–Crippen MR) is 49.7 cm³/mol. The topological polar surface area (TPSA) is 30.7 Å². The van der Waals surface area contributed by atoms with E-state index in [2.05, 4.69) is 16.5 Å². The zero-order chi connectivity index (χ0) is 11.8. The van der Waals surface area contributed by atoms with E-state index in [-0.39, 0.29) is 0 Å². The van der Waals surface area contributed by atoms with Crippen LogP contribution in [-0.4, -0.2) is 15.0 Å². The Bertz CT molecular complexity index is 489. The molecular weight excluding hydrogens is 219 g/mol. The standard InChI is InChI=1S/C10H7F3N3/c1-10(12,13)8-6-7(2-3-9(8)11)16-5-4-14-15-16/h2-3,5-6H,1H3. The molecule has 1 aromatic heterocycles. The Morgan fingerprint density at radius 2 is 2.12 bits per heavy atom. The first-order valence-corrected chi connectivity index (χ1v) is 4.45. The molecule has 1 radical (unpaired) electrons. The van der Waals surface area contributed by atoms with Gasteiger partial charge in [-0.3, -0.25) is 0 Å². The van der Waals surface area contributed by atoms with Crippen molar-refractivity contribution in [3.05, 3.63) is 42.0 Å². The third-order valence-electron chi connectivity index (χ3n) is 2.07. The molecule has 0 amide bonds. The lowest BCUT2D eigenvalue weighted by Crippen LogP contribution is -2.11. The van der Waals surface area contributed by atoms with Crippen LogP contribution in [0.15, 0.2) is 24.4 Å². The van der Waals surface area contributed by atoms with Gasteiger partial charge in [0.1, 0.15) is 12.0 Å². The fourth-order valence-electron chi connectivity index (χ4n) is 1.30. The molecule has 1 heterocycles. The van der Waals surface area contributed by atoms with Crippen LogP contribution >= 0.6 is 0 Å². The van der Waals surface area contributed by atoms with Gasteiger partial charge in [-0.1, -0.05) is 5.21 Å². The Morgan fingerprint density at radius 1 is 1.38 bits per heavy atom. The third-order valence-corrected chi connectivity index (χ3v) is 2.07. The fourth-order valence-corrected chi connectivity index (χ4v) is 1.30. The van der Waals surface area contributed by atoms with Gasteiger partial charge in [-0.15, -0.1) is 5.10 Å². The van der Waals surface area contributed by atoms with Crippen molar-refractivity contribution in [2.24, 2.45) is 0 Å². The van der Waals surface area contributed by atoms with Gasteiger partial charge in [0.05, 0.1) is 17.4 Å². The summed E-state index contributed by atoms with van der Waals surface area (Å²) in [6, 6.07) is 3.36. The molecule has 0 fully saturated rings. The van der Waals surface area contributed by atoms with Gasteiger partial charge in [0, 0.05) is 6.92 Å². The Balaban J connectivity index is 2.52. The molecule has 0 N–H and O–H groups in total. The van der Waals surface area contributed by atoms with E-state index in [4.69, 9.17) is 0 Å². The smallest absolute Gasteiger partial charge is 0.220 e. The molecule has 2 rings (SSSR count). The van der Waals surface area contributed by atoms with Crippen LogP contribution in [0.25, 0.3) is 5.69 Å². The van der Waals surface area contributed by atoms with Gasteiger partial charge in [-0.05, 0) is 18.2 Å². The number of rotatable bonds is 2. The molecular formula is C10H7F3N3. The highest BCUT2D eigenvalue weighted by atomic mass is 19.3. The van der Waals surface area contributed by atoms with E-state index in [1.807, 2.05) is 0 Å². The Kier molecular flexibility index (Phi) is 2.41. The molecule has 16 heavy (non-hydrogen) atoms. The van der Waals surface area contributed by atoms with Crippen LogP contribution in [0, 0.1) is 12.0 Å². The molecule has 2 aromatic rings. The zero-order valence-corrected chi connectivity index (χ0v) is 8.28. The summed E-state index contributed by atoms with van der Waals surface area (Å²) in [6.45, 7) is 0.642. The molecule has 0 bridgehead atoms. The van der Waals surface area contributed by atoms with Crippen LogP contribution in [-0.2, 0) is 5.92 Å². The molecule has 0 saturated heterocycles. The first-order valence-electron chi connectivity index (χ1n) is 4.45. The van der Waals surface area contributed by atoms with Crippen molar-refractivity contribution in [3.8, 4) is 5.69 Å². The summed E-state index contributed by atoms with van der Waals surface area (Å²) in [5, 5.41) is 7.00. The monoisotopic (exact) mass is 226 g/mol. The Hall–Kier alpha value is -1.85. The predicted octanol–water partition coefficient (Wildman–Crippen LogP) is 2.32. The van der Waals surface area contributed by atoms with Crippen LogP contribution in [0.1, 0.15) is 12.5 Å². The average Bonchev–Trinajstić information content (AvgIpc) is 2.69. The van der Waals surface area contributed by atoms with Crippen molar-refractivity contribution in [2.75, 3.05) is 0 Å². The molecule has 0 saturated carbocycles. The molecule has 0 aliphatic heterocycles. The van der Waals surface area contributed by atoms with Crippen LogP contribution in [0.3, 0.4) is 0 Å². The summed E-state index contributed by atoms with van der Waals surface area (Å²) < 4.78 is 40.5. The molecule has 0 aliphatic carbocycles. The highest BCUT2D eigenvalue weighted by molar-refractivity contribution is 5.37. The van der Waals surface area contributed by atoms with E-state index in [0.29, 0.717) is 12.6 Å². The fraction of sp³-hybridized carbons (Fsp3) is 0.200. The minimum Gasteiger partial charge on any atom is -0.220 e. The molecule has 0 spiro atoms. The summed E-state index contributed by atoms with van der Waals surface area (Å²) in [6.07, 6.45) is 3.79. The summed E-state index contributed by atoms with van der Waals surface area (Å²) >= 11 is 0. The summed E-state index contributed by atoms with van der Waals surface area (Å²) in [7, 11) is 0. The van der Waals surface area contributed by atoms with E-state index in [1.54, 1.807) is 0 Å². The van der Waals surface area contributed by atoms with Gasteiger partial charge < -0.3 is 0 Å². The first kappa shape index (κ1) is 10.7. The maximum Gasteiger partial charge on any atom is 0.273 e. The van der Waals surface area contributed by atoms with Crippen LogP contribution in [0.4, 0.5) is 13.2 Å². The van der Waals surface area contributed by atoms with Gasteiger partial charge >= 0.3 is 0 Å². The number of nitrogens with zero attached hydrogens (tertiary/aromatic N) is 3. The highest BCUT2D eigenvalue weighted by Crippen LogP contribution is 2.30. The van der Waals surface area contributed by atoms with Gasteiger partial charge in [0.25, 0.3) is 5.92 Å². The molecule has 83 valence electrons. The summed E-state index contributed by atoms with van der Waals surface area (Å²) in [5.41, 5.74) is -0.354. The normalized spacial score (nSPS) is 11.8. The van der Waals surface area contributed by atoms with Gasteiger partial charge in [-0.2, -0.15) is 0 Å². The second kappa shape index (κ2) is 3.62. The van der Waals surface area contributed by atoms with Crippen LogP contribution < -0.4 is 0 Å². The van der Waals surface area contributed by atoms with Crippen LogP contribution in [0.2, 0.25) is 0 Å². The van der Waals surface area contributed by atoms with Crippen molar-refractivity contribution in [1.82, 2.24) is 15.0 Å². The molecule has 6 heteroatoms. The maximum absolute atomic E-state index is 13.2. The van der Waals surface area contributed by atoms with E-state index in [0.717, 1.165) is 12.1 Å². The lowest BCUT2D eigenvalue weighted by molar-refractivity contribution is 0.0137. The second-order valence-corrected chi connectivity index (χ2v) is 3.34. The second-order valence-electron chi connectivity index (χ2n) is 3.34. The Morgan fingerprint density at radius 3 is 2.69 bits per heavy atom. The number of hydrogen-bond acceptors (Lipinski definition) is 2. The lowest BCUT2D eigenvalue weighted by atomic mass is 10.1. The van der Waals surface area contributed by atoms with E-state index in [9.17, 15) is 13.2 Å². The van der Waals surface area contributed by atoms with E-state index < -0.39 is 17.3 Å². The number of aromatic nitrogens is 3. The SMILES string of the molecule is CC(F)(F)c1cc(-n2c[c]nn2)ccc1F. The van der Waals surface area contributed by atoms with Gasteiger partial charge in [0.15, 0.2) is 0 Å². The highest BCUT2D eigenvalue weighted by Gasteiger charge is 2.28. The molecule has 0 aliphatic rings. The number of alkyl halides is 2. The van der Waals surface area contributed by atoms with E-state index in [1.165, 1.54) is 16.9 Å². The maximum atomic E-state index is 13.2. The van der Waals surface area contributed by atoms with Crippen molar-refractivity contribution in [3.63, 3.8) is 0 Å². The summed E-state index contributed by atoms with van der Waals surface area (Å²) in [4.78, 5) is 0. The first-order chi connectivity index (χ1) is 7.48. The van der Waals surface area contributed by atoms with Gasteiger partial charge in [0.2, 0.25) is 0 Å². The van der Waals surface area contributed by atoms with Crippen molar-refractivity contribution < 1.29 is 13.2 Å². The summed E-state index contributed by atoms with van der Waals surface area (Å²) in [5.74, 6) is -4.18. The number of halogens is 3. The number of benzene rings is 1. The Labute approximate surface area is 89.5 Å². The largest absolute Gasteiger partial charge is 0.273 e. The number of hydrogen-bond donors (Lipinski definition) is 0. The van der Waals surface area contributed by atoms with Gasteiger partial charge in [-0.25, -0.2) is 17.9 Å². The quantitative estimate of drug-likeness (QED) is 0.786. The molecule has 0 unspecified atom stereocenters. The molecule has 0 atom stereocenters. The average molecular weight is 226 g/mol.